The second kappa shape index (κ2) is 10.9. The summed E-state index contributed by atoms with van der Waals surface area (Å²) < 4.78 is 19.3. The number of carbonyl (C=O) groups excluding carboxylic acids is 2. The first-order valence-electron chi connectivity index (χ1n) is 10.0. The normalized spacial score (nSPS) is 11.4. The summed E-state index contributed by atoms with van der Waals surface area (Å²) in [7, 11) is 1.54. The molecule has 1 atom stereocenters. The van der Waals surface area contributed by atoms with E-state index in [1.165, 1.54) is 17.0 Å². The largest absolute Gasteiger partial charge is 0.481 e. The summed E-state index contributed by atoms with van der Waals surface area (Å²) in [4.78, 5) is 27.4. The smallest absolute Gasteiger partial charge is 0.261 e. The van der Waals surface area contributed by atoms with Crippen LogP contribution in [0, 0.1) is 5.82 Å². The zero-order chi connectivity index (χ0) is 22.1. The maximum Gasteiger partial charge on any atom is 0.261 e. The van der Waals surface area contributed by atoms with Gasteiger partial charge < -0.3 is 15.0 Å². The molecule has 0 aliphatic heterocycles. The number of likely N-dealkylation sites (N-methyl/N-ethyl adjacent to an activating group) is 1. The molecule has 6 heteroatoms. The van der Waals surface area contributed by atoms with Crippen LogP contribution in [0.15, 0.2) is 84.9 Å². The Labute approximate surface area is 181 Å². The summed E-state index contributed by atoms with van der Waals surface area (Å²) >= 11 is 0. The van der Waals surface area contributed by atoms with Crippen LogP contribution in [0.3, 0.4) is 0 Å². The van der Waals surface area contributed by atoms with Crippen LogP contribution in [0.4, 0.5) is 4.39 Å². The lowest BCUT2D eigenvalue weighted by molar-refractivity contribution is -0.142. The second-order valence-corrected chi connectivity index (χ2v) is 7.05. The number of para-hydroxylation sites is 1. The zero-order valence-corrected chi connectivity index (χ0v) is 17.3. The number of benzene rings is 3. The Morgan fingerprint density at radius 1 is 0.903 bits per heavy atom. The van der Waals surface area contributed by atoms with Crippen molar-refractivity contribution >= 4 is 11.8 Å². The van der Waals surface area contributed by atoms with E-state index in [2.05, 4.69) is 5.32 Å². The van der Waals surface area contributed by atoms with Gasteiger partial charge in [-0.2, -0.15) is 0 Å². The van der Waals surface area contributed by atoms with Gasteiger partial charge in [-0.15, -0.1) is 0 Å². The van der Waals surface area contributed by atoms with Crippen molar-refractivity contribution in [1.82, 2.24) is 10.2 Å². The highest BCUT2D eigenvalue weighted by Gasteiger charge is 2.30. The summed E-state index contributed by atoms with van der Waals surface area (Å²) in [5, 5.41) is 2.66. The predicted octanol–water partition coefficient (Wildman–Crippen LogP) is 3.59. The van der Waals surface area contributed by atoms with Gasteiger partial charge in [0.25, 0.3) is 5.91 Å². The first-order valence-corrected chi connectivity index (χ1v) is 10.0. The van der Waals surface area contributed by atoms with E-state index in [9.17, 15) is 14.0 Å². The molecule has 31 heavy (non-hydrogen) atoms. The van der Waals surface area contributed by atoms with E-state index in [4.69, 9.17) is 4.74 Å². The number of ether oxygens (including phenoxy) is 1. The lowest BCUT2D eigenvalue weighted by Crippen LogP contribution is -2.51. The van der Waals surface area contributed by atoms with Crippen LogP contribution in [0.25, 0.3) is 0 Å². The summed E-state index contributed by atoms with van der Waals surface area (Å²) in [6, 6.07) is 24.1. The molecule has 0 bridgehead atoms. The monoisotopic (exact) mass is 420 g/mol. The number of amides is 2. The van der Waals surface area contributed by atoms with Gasteiger partial charge in [-0.3, -0.25) is 9.59 Å². The van der Waals surface area contributed by atoms with Gasteiger partial charge in [0.05, 0.1) is 0 Å². The van der Waals surface area contributed by atoms with Gasteiger partial charge in [0.2, 0.25) is 5.91 Å². The van der Waals surface area contributed by atoms with Crippen LogP contribution < -0.4 is 10.1 Å². The quantitative estimate of drug-likeness (QED) is 0.576. The van der Waals surface area contributed by atoms with Crippen LogP contribution in [0.2, 0.25) is 0 Å². The fraction of sp³-hybridized carbons (Fsp3) is 0.200. The second-order valence-electron chi connectivity index (χ2n) is 7.05. The molecule has 3 aromatic rings. The van der Waals surface area contributed by atoms with Crippen molar-refractivity contribution in [2.24, 2.45) is 0 Å². The minimum absolute atomic E-state index is 0.00457. The molecule has 5 nitrogen and oxygen atoms in total. The highest BCUT2D eigenvalue weighted by Crippen LogP contribution is 2.18. The van der Waals surface area contributed by atoms with E-state index in [1.807, 2.05) is 60.7 Å². The Hall–Kier alpha value is -3.67. The lowest BCUT2D eigenvalue weighted by Gasteiger charge is -2.31. The number of nitrogens with one attached hydrogen (secondary N) is 1. The standard InChI is InChI=1S/C25H25FN2O3/c1-27-25(30)22(16-19-10-4-2-5-11-19)28(17-20-12-6-3-7-13-20)24(29)18-31-23-15-9-8-14-21(23)26/h2-15,22H,16-18H2,1H3,(H,27,30)/t22-/m0/s1. The van der Waals surface area contributed by atoms with E-state index in [-0.39, 0.29) is 24.8 Å². The molecule has 3 aromatic carbocycles. The third-order valence-corrected chi connectivity index (χ3v) is 4.90. The molecule has 2 amide bonds. The molecular formula is C25H25FN2O3. The van der Waals surface area contributed by atoms with Gasteiger partial charge in [0, 0.05) is 20.0 Å². The Balaban J connectivity index is 1.86. The van der Waals surface area contributed by atoms with Crippen LogP contribution >= 0.6 is 0 Å². The van der Waals surface area contributed by atoms with Gasteiger partial charge in [0.15, 0.2) is 18.2 Å². The number of halogens is 1. The van der Waals surface area contributed by atoms with E-state index in [0.29, 0.717) is 6.42 Å². The average molecular weight is 420 g/mol. The third kappa shape index (κ3) is 6.15. The molecule has 0 unspecified atom stereocenters. The number of hydrogen-bond donors (Lipinski definition) is 1. The molecule has 160 valence electrons. The third-order valence-electron chi connectivity index (χ3n) is 4.90. The lowest BCUT2D eigenvalue weighted by atomic mass is 10.0. The van der Waals surface area contributed by atoms with E-state index in [1.54, 1.807) is 19.2 Å². The van der Waals surface area contributed by atoms with E-state index in [0.717, 1.165) is 11.1 Å². The summed E-state index contributed by atoms with van der Waals surface area (Å²) in [6.45, 7) is -0.152. The zero-order valence-electron chi connectivity index (χ0n) is 17.3. The van der Waals surface area contributed by atoms with Gasteiger partial charge in [-0.05, 0) is 23.3 Å². The van der Waals surface area contributed by atoms with Crippen molar-refractivity contribution in [1.29, 1.82) is 0 Å². The Morgan fingerprint density at radius 2 is 1.48 bits per heavy atom. The Bertz CT molecular complexity index is 996. The van der Waals surface area contributed by atoms with Gasteiger partial charge in [-0.25, -0.2) is 4.39 Å². The molecule has 0 aromatic heterocycles. The number of rotatable bonds is 9. The molecule has 0 radical (unpaired) electrons. The van der Waals surface area contributed by atoms with Gasteiger partial charge in [0.1, 0.15) is 6.04 Å². The number of hydrogen-bond acceptors (Lipinski definition) is 3. The van der Waals surface area contributed by atoms with Crippen LogP contribution in [-0.2, 0) is 22.6 Å². The molecule has 0 saturated carbocycles. The topological polar surface area (TPSA) is 58.6 Å². The number of nitrogens with zero attached hydrogens (tertiary/aromatic N) is 1. The maximum atomic E-state index is 13.9. The van der Waals surface area contributed by atoms with Crippen molar-refractivity contribution in [2.45, 2.75) is 19.0 Å². The maximum absolute atomic E-state index is 13.9. The van der Waals surface area contributed by atoms with Gasteiger partial charge in [-0.1, -0.05) is 72.8 Å². The fourth-order valence-corrected chi connectivity index (χ4v) is 3.28. The van der Waals surface area contributed by atoms with Crippen molar-refractivity contribution in [3.8, 4) is 5.75 Å². The summed E-state index contributed by atoms with van der Waals surface area (Å²) in [5.74, 6) is -1.23. The first-order chi connectivity index (χ1) is 15.1. The van der Waals surface area contributed by atoms with Crippen molar-refractivity contribution < 1.29 is 18.7 Å². The fourth-order valence-electron chi connectivity index (χ4n) is 3.28. The minimum atomic E-state index is -0.746. The van der Waals surface area contributed by atoms with E-state index < -0.39 is 17.8 Å². The SMILES string of the molecule is CNC(=O)[C@H](Cc1ccccc1)N(Cc1ccccc1)C(=O)COc1ccccc1F. The Kier molecular flexibility index (Phi) is 7.76. The van der Waals surface area contributed by atoms with Crippen LogP contribution in [0.5, 0.6) is 5.75 Å². The van der Waals surface area contributed by atoms with Gasteiger partial charge >= 0.3 is 0 Å². The number of carbonyl (C=O) groups is 2. The molecule has 1 N–H and O–H groups in total. The van der Waals surface area contributed by atoms with E-state index >= 15 is 0 Å². The van der Waals surface area contributed by atoms with Crippen LogP contribution in [-0.4, -0.2) is 36.4 Å². The Morgan fingerprint density at radius 3 is 2.10 bits per heavy atom. The molecular weight excluding hydrogens is 395 g/mol. The predicted molar refractivity (Wildman–Crippen MR) is 117 cm³/mol. The van der Waals surface area contributed by atoms with Crippen molar-refractivity contribution in [3.63, 3.8) is 0 Å². The molecule has 0 saturated heterocycles. The van der Waals surface area contributed by atoms with Crippen LogP contribution in [0.1, 0.15) is 11.1 Å². The molecule has 0 spiro atoms. The first kappa shape index (κ1) is 22.0. The molecule has 3 rings (SSSR count). The molecule has 0 aliphatic carbocycles. The summed E-state index contributed by atoms with van der Waals surface area (Å²) in [6.07, 6.45) is 0.346. The van der Waals surface area contributed by atoms with Crippen molar-refractivity contribution in [2.75, 3.05) is 13.7 Å². The minimum Gasteiger partial charge on any atom is -0.481 e. The van der Waals surface area contributed by atoms with Crippen molar-refractivity contribution in [3.05, 3.63) is 102 Å². The highest BCUT2D eigenvalue weighted by molar-refractivity contribution is 5.88. The molecule has 0 heterocycles. The highest BCUT2D eigenvalue weighted by atomic mass is 19.1. The molecule has 0 fully saturated rings. The molecule has 0 aliphatic rings. The summed E-state index contributed by atoms with van der Waals surface area (Å²) in [5.41, 5.74) is 1.81. The average Bonchev–Trinajstić information content (AvgIpc) is 2.81.